The first-order valence-corrected chi connectivity index (χ1v) is 14.7. The zero-order valence-corrected chi connectivity index (χ0v) is 23.5. The fourth-order valence-electron chi connectivity index (χ4n) is 6.13. The van der Waals surface area contributed by atoms with Gasteiger partial charge in [0.05, 0.1) is 11.6 Å². The fraction of sp³-hybridized carbons (Fsp3) is 0.581. The predicted octanol–water partition coefficient (Wildman–Crippen LogP) is 6.05. The number of benzene rings is 2. The maximum atomic E-state index is 13.4. The Hall–Kier alpha value is -2.28. The maximum Gasteiger partial charge on any atom is 0.228 e. The van der Waals surface area contributed by atoms with Gasteiger partial charge >= 0.3 is 0 Å². The minimum Gasteiger partial charge on any atom is -0.487 e. The highest BCUT2D eigenvalue weighted by molar-refractivity contribution is 6.30. The number of aliphatic hydroxyl groups is 1. The van der Waals surface area contributed by atoms with Gasteiger partial charge in [0.2, 0.25) is 5.91 Å². The van der Waals surface area contributed by atoms with Crippen molar-refractivity contribution in [2.75, 3.05) is 31.6 Å². The van der Waals surface area contributed by atoms with Gasteiger partial charge in [-0.25, -0.2) is 0 Å². The van der Waals surface area contributed by atoms with E-state index in [2.05, 4.69) is 23.1 Å². The highest BCUT2D eigenvalue weighted by Gasteiger charge is 2.63. The number of aliphatic hydroxyl groups excluding tert-OH is 1. The number of amides is 1. The number of epoxide rings is 1. The van der Waals surface area contributed by atoms with E-state index < -0.39 is 17.8 Å². The Labute approximate surface area is 231 Å². The Bertz CT molecular complexity index is 1140. The summed E-state index contributed by atoms with van der Waals surface area (Å²) in [4.78, 5) is 17.6. The average Bonchev–Trinajstić information content (AvgIpc) is 3.61. The van der Waals surface area contributed by atoms with Gasteiger partial charge in [-0.15, -0.1) is 0 Å². The lowest BCUT2D eigenvalue weighted by Crippen LogP contribution is -2.39. The number of halogens is 1. The lowest BCUT2D eigenvalue weighted by atomic mass is 9.85. The third-order valence-electron chi connectivity index (χ3n) is 8.60. The summed E-state index contributed by atoms with van der Waals surface area (Å²) in [5, 5.41) is 11.5. The predicted molar refractivity (Wildman–Crippen MR) is 151 cm³/mol. The topological polar surface area (TPSA) is 65.5 Å². The number of aryl methyl sites for hydroxylation is 1. The molecule has 6 nitrogen and oxygen atoms in total. The van der Waals surface area contributed by atoms with Crippen LogP contribution < -0.4 is 9.64 Å². The van der Waals surface area contributed by atoms with Crippen LogP contribution >= 0.6 is 11.6 Å². The molecule has 1 spiro atoms. The van der Waals surface area contributed by atoms with Crippen molar-refractivity contribution in [2.24, 2.45) is 5.92 Å². The summed E-state index contributed by atoms with van der Waals surface area (Å²) >= 11 is 6.31. The van der Waals surface area contributed by atoms with E-state index in [9.17, 15) is 9.90 Å². The highest BCUT2D eigenvalue weighted by Crippen LogP contribution is 2.52. The van der Waals surface area contributed by atoms with Crippen molar-refractivity contribution in [2.45, 2.75) is 83.2 Å². The molecule has 1 N–H and O–H groups in total. The van der Waals surface area contributed by atoms with Crippen molar-refractivity contribution in [3.05, 3.63) is 58.1 Å². The van der Waals surface area contributed by atoms with Gasteiger partial charge in [-0.05, 0) is 73.1 Å². The van der Waals surface area contributed by atoms with Gasteiger partial charge in [0.1, 0.15) is 12.4 Å². The van der Waals surface area contributed by atoms with E-state index in [0.29, 0.717) is 6.61 Å². The summed E-state index contributed by atoms with van der Waals surface area (Å²) in [6.07, 6.45) is 8.95. The number of fused-ring (bicyclic) bond motifs is 3. The van der Waals surface area contributed by atoms with E-state index in [1.54, 1.807) is 4.90 Å². The lowest BCUT2D eigenvalue weighted by Gasteiger charge is -2.30. The van der Waals surface area contributed by atoms with E-state index in [-0.39, 0.29) is 5.91 Å². The first-order chi connectivity index (χ1) is 18.4. The van der Waals surface area contributed by atoms with Crippen molar-refractivity contribution in [1.29, 1.82) is 0 Å². The first-order valence-electron chi connectivity index (χ1n) is 14.3. The molecule has 3 atom stereocenters. The first kappa shape index (κ1) is 27.3. The molecule has 1 unspecified atom stereocenters. The monoisotopic (exact) mass is 540 g/mol. The molecule has 0 radical (unpaired) electrons. The molecule has 1 amide bonds. The van der Waals surface area contributed by atoms with Crippen LogP contribution in [-0.4, -0.2) is 48.9 Å². The van der Waals surface area contributed by atoms with Gasteiger partial charge in [-0.1, -0.05) is 56.3 Å². The Balaban J connectivity index is 1.52. The van der Waals surface area contributed by atoms with Crippen molar-refractivity contribution in [3.8, 4) is 5.75 Å². The van der Waals surface area contributed by atoms with Gasteiger partial charge in [0, 0.05) is 31.7 Å². The Morgan fingerprint density at radius 2 is 1.61 bits per heavy atom. The van der Waals surface area contributed by atoms with Crippen LogP contribution in [0.5, 0.6) is 5.75 Å². The van der Waals surface area contributed by atoms with Crippen LogP contribution in [0.25, 0.3) is 0 Å². The van der Waals surface area contributed by atoms with Crippen molar-refractivity contribution < 1.29 is 19.4 Å². The van der Waals surface area contributed by atoms with E-state index >= 15 is 0 Å². The largest absolute Gasteiger partial charge is 0.487 e. The third kappa shape index (κ3) is 5.68. The number of nitrogens with zero attached hydrogens (tertiary/aromatic N) is 2. The second kappa shape index (κ2) is 11.8. The molecule has 2 aromatic carbocycles. The molecule has 3 heterocycles. The summed E-state index contributed by atoms with van der Waals surface area (Å²) in [6.45, 7) is 4.95. The normalized spacial score (nSPS) is 27.3. The van der Waals surface area contributed by atoms with Gasteiger partial charge < -0.3 is 24.4 Å². The Kier molecular flexibility index (Phi) is 8.51. The smallest absolute Gasteiger partial charge is 0.228 e. The SMILES string of the molecule is C[C@@H]1C(=O)N(C)CCCCCCCCN2CCCCc3cc(Cl)ccc3COc3ccc(cc32)[C@]12OC2O. The average molecular weight is 541 g/mol. The van der Waals surface area contributed by atoms with Gasteiger partial charge in [-0.2, -0.15) is 0 Å². The zero-order chi connectivity index (χ0) is 26.7. The molecule has 2 bridgehead atoms. The van der Waals surface area contributed by atoms with Crippen molar-refractivity contribution in [1.82, 2.24) is 4.90 Å². The van der Waals surface area contributed by atoms with Crippen LogP contribution in [0.3, 0.4) is 0 Å². The number of anilines is 1. The van der Waals surface area contributed by atoms with E-state index in [1.807, 2.05) is 32.2 Å². The molecular weight excluding hydrogens is 500 g/mol. The van der Waals surface area contributed by atoms with Gasteiger partial charge in [0.25, 0.3) is 0 Å². The minimum absolute atomic E-state index is 0.00790. The van der Waals surface area contributed by atoms with Crippen molar-refractivity contribution >= 4 is 23.2 Å². The molecule has 0 aromatic heterocycles. The maximum absolute atomic E-state index is 13.4. The molecule has 5 rings (SSSR count). The number of carbonyl (C=O) groups is 1. The Morgan fingerprint density at radius 3 is 2.34 bits per heavy atom. The molecule has 0 aliphatic carbocycles. The summed E-state index contributed by atoms with van der Waals surface area (Å²) < 4.78 is 12.3. The van der Waals surface area contributed by atoms with Crippen LogP contribution in [0.2, 0.25) is 5.02 Å². The standard InChI is InChI=1S/C31H41ClN2O4/c1-22-29(35)33(2)16-8-5-3-4-6-9-17-34-18-10-7-11-23-19-26(32)14-12-24(23)21-37-28-15-13-25(20-27(28)34)31(22)30(36)38-31/h12-15,19-20,22,30,36H,3-11,16-18,21H2,1-2H3/t22-,30?,31-/m1/s1. The van der Waals surface area contributed by atoms with Gasteiger partial charge in [-0.3, -0.25) is 4.79 Å². The summed E-state index contributed by atoms with van der Waals surface area (Å²) in [7, 11) is 1.86. The van der Waals surface area contributed by atoms with Gasteiger partial charge in [0.15, 0.2) is 11.9 Å². The molecule has 38 heavy (non-hydrogen) atoms. The second-order valence-corrected chi connectivity index (χ2v) is 11.6. The molecule has 2 aromatic rings. The molecule has 1 saturated heterocycles. The van der Waals surface area contributed by atoms with Crippen LogP contribution in [0.15, 0.2) is 36.4 Å². The van der Waals surface area contributed by atoms with Crippen LogP contribution in [0.1, 0.15) is 75.0 Å². The number of hydrogen-bond acceptors (Lipinski definition) is 5. The summed E-state index contributed by atoms with van der Waals surface area (Å²) in [6, 6.07) is 12.1. The molecule has 7 heteroatoms. The fourth-order valence-corrected chi connectivity index (χ4v) is 6.33. The molecule has 3 aliphatic heterocycles. The minimum atomic E-state index is -1.03. The van der Waals surface area contributed by atoms with Crippen LogP contribution in [-0.2, 0) is 28.2 Å². The molecule has 0 saturated carbocycles. The summed E-state index contributed by atoms with van der Waals surface area (Å²) in [5.41, 5.74) is 3.23. The van der Waals surface area contributed by atoms with Crippen molar-refractivity contribution in [3.63, 3.8) is 0 Å². The zero-order valence-electron chi connectivity index (χ0n) is 22.8. The van der Waals surface area contributed by atoms with Crippen LogP contribution in [0, 0.1) is 5.92 Å². The van der Waals surface area contributed by atoms with E-state index in [4.69, 9.17) is 21.1 Å². The lowest BCUT2D eigenvalue weighted by molar-refractivity contribution is -0.136. The number of hydrogen-bond donors (Lipinski definition) is 1. The highest BCUT2D eigenvalue weighted by atomic mass is 35.5. The molecular formula is C31H41ClN2O4. The molecule has 206 valence electrons. The number of ether oxygens (including phenoxy) is 2. The van der Waals surface area contributed by atoms with Crippen LogP contribution in [0.4, 0.5) is 5.69 Å². The molecule has 3 aliphatic rings. The van der Waals surface area contributed by atoms with E-state index in [1.165, 1.54) is 24.8 Å². The number of carbonyl (C=O) groups excluding carboxylic acids is 1. The second-order valence-electron chi connectivity index (χ2n) is 11.2. The quantitative estimate of drug-likeness (QED) is 0.412. The van der Waals surface area contributed by atoms with E-state index in [0.717, 1.165) is 85.7 Å². The summed E-state index contributed by atoms with van der Waals surface area (Å²) in [5.74, 6) is 0.328. The third-order valence-corrected chi connectivity index (χ3v) is 8.84. The molecule has 1 fully saturated rings. The Morgan fingerprint density at radius 1 is 0.921 bits per heavy atom. The number of rotatable bonds is 0.